The Morgan fingerprint density at radius 2 is 1.67 bits per heavy atom. The summed E-state index contributed by atoms with van der Waals surface area (Å²) in [6, 6.07) is 8.06. The molecular weight excluding hydrogens is 244 g/mol. The van der Waals surface area contributed by atoms with Gasteiger partial charge in [-0.25, -0.2) is 18.6 Å². The van der Waals surface area contributed by atoms with Gasteiger partial charge in [-0.3, -0.25) is 0 Å². The summed E-state index contributed by atoms with van der Waals surface area (Å²) in [7, 11) is -4.94. The molecule has 82 valence electrons. The topological polar surface area (TPSA) is 104 Å². The number of fused-ring (bicyclic) bond motifs is 1. The van der Waals surface area contributed by atoms with Crippen LogP contribution in [0.1, 0.15) is 5.07 Å². The van der Waals surface area contributed by atoms with Crippen LogP contribution in [0.15, 0.2) is 28.7 Å². The smallest absolute Gasteiger partial charge is 0.222 e. The molecule has 0 aliphatic rings. The Morgan fingerprint density at radius 1 is 1.13 bits per heavy atom. The summed E-state index contributed by atoms with van der Waals surface area (Å²) in [6.07, 6.45) is 0. The number of hydrogen-bond donors (Lipinski definition) is 0. The Hall–Kier alpha value is -0.760. The zero-order valence-electron chi connectivity index (χ0n) is 7.64. The number of para-hydroxylation sites is 1. The maximum atomic E-state index is 8.49. The summed E-state index contributed by atoms with van der Waals surface area (Å²) >= 11 is 1.69. The van der Waals surface area contributed by atoms with E-state index in [1.165, 1.54) is 4.70 Å². The molecule has 5 nitrogen and oxygen atoms in total. The molecule has 0 saturated carbocycles. The molecule has 1 heterocycles. The normalized spacial score (nSPS) is 11.0. The quantitative estimate of drug-likeness (QED) is 0.520. The van der Waals surface area contributed by atoms with Crippen LogP contribution in [0.4, 0.5) is 0 Å². The lowest BCUT2D eigenvalue weighted by Crippen LogP contribution is -2.68. The van der Waals surface area contributed by atoms with Gasteiger partial charge in [-0.2, -0.15) is 4.42 Å². The van der Waals surface area contributed by atoms with Gasteiger partial charge in [0.05, 0.1) is 6.92 Å². The Bertz CT molecular complexity index is 397. The van der Waals surface area contributed by atoms with E-state index in [1.807, 2.05) is 25.1 Å². The van der Waals surface area contributed by atoms with Crippen molar-refractivity contribution in [3.63, 3.8) is 0 Å². The molecule has 0 aliphatic carbocycles. The molecule has 0 unspecified atom stereocenters. The molecule has 2 aromatic rings. The van der Waals surface area contributed by atoms with Crippen molar-refractivity contribution in [2.45, 2.75) is 6.92 Å². The average molecular weight is 251 g/mol. The number of hydrogen-bond acceptors (Lipinski definition) is 5. The standard InChI is InChI=1S/C8H7OS.ClHO4/c1-6-9-7-4-2-3-5-8(7)10-6;2-1(3,4)5/h2-5H,1H3;(H,2,3,4,5)/q+1;/p-1. The molecule has 0 radical (unpaired) electrons. The maximum Gasteiger partial charge on any atom is 0.383 e. The first-order valence-electron chi connectivity index (χ1n) is 3.76. The highest BCUT2D eigenvalue weighted by Gasteiger charge is 2.10. The summed E-state index contributed by atoms with van der Waals surface area (Å²) in [4.78, 5) is 0. The first-order valence-corrected chi connectivity index (χ1v) is 5.81. The molecule has 0 amide bonds. The molecule has 0 fully saturated rings. The summed E-state index contributed by atoms with van der Waals surface area (Å²) in [5.41, 5.74) is 0.991. The second kappa shape index (κ2) is 4.84. The number of halogens is 1. The van der Waals surface area contributed by atoms with Crippen molar-refractivity contribution in [1.29, 1.82) is 0 Å². The van der Waals surface area contributed by atoms with Crippen molar-refractivity contribution in [1.82, 2.24) is 0 Å². The third-order valence-corrected chi connectivity index (χ3v) is 2.28. The third kappa shape index (κ3) is 5.03. The second-order valence-electron chi connectivity index (χ2n) is 2.52. The molecule has 15 heavy (non-hydrogen) atoms. The summed E-state index contributed by atoms with van der Waals surface area (Å²) in [5, 5.41) is 1.02. The lowest BCUT2D eigenvalue weighted by atomic mass is 10.4. The molecule has 0 spiro atoms. The van der Waals surface area contributed by atoms with Crippen LogP contribution in [0.2, 0.25) is 0 Å². The average Bonchev–Trinajstić information content (AvgIpc) is 2.40. The van der Waals surface area contributed by atoms with Gasteiger partial charge in [-0.05, 0) is 17.4 Å². The summed E-state index contributed by atoms with van der Waals surface area (Å²) < 4.78 is 40.6. The monoisotopic (exact) mass is 250 g/mol. The van der Waals surface area contributed by atoms with E-state index in [9.17, 15) is 0 Å². The Labute approximate surface area is 91.6 Å². The number of rotatable bonds is 0. The molecule has 0 atom stereocenters. The molecule has 1 aromatic heterocycles. The van der Waals surface area contributed by atoms with Crippen LogP contribution in [0.25, 0.3) is 10.3 Å². The van der Waals surface area contributed by atoms with E-state index in [-0.39, 0.29) is 0 Å². The van der Waals surface area contributed by atoms with E-state index < -0.39 is 10.2 Å². The molecule has 2 rings (SSSR count). The SMILES string of the molecule is Cc1[o+]c2ccccc2s1.[O-][Cl+3]([O-])([O-])[O-]. The molecule has 0 aliphatic heterocycles. The van der Waals surface area contributed by atoms with Crippen molar-refractivity contribution in [3.8, 4) is 0 Å². The molecule has 1 aromatic carbocycles. The predicted molar refractivity (Wildman–Crippen MR) is 43.2 cm³/mol. The van der Waals surface area contributed by atoms with Gasteiger partial charge in [0.15, 0.2) is 0 Å². The largest absolute Gasteiger partial charge is 0.383 e. The van der Waals surface area contributed by atoms with E-state index in [0.29, 0.717) is 0 Å². The fourth-order valence-electron chi connectivity index (χ4n) is 0.949. The summed E-state index contributed by atoms with van der Waals surface area (Å²) in [6.45, 7) is 1.98. The van der Waals surface area contributed by atoms with Gasteiger partial charge in [-0.1, -0.05) is 12.1 Å². The lowest BCUT2D eigenvalue weighted by molar-refractivity contribution is -2.00. The van der Waals surface area contributed by atoms with E-state index in [2.05, 4.69) is 6.07 Å². The van der Waals surface area contributed by atoms with Crippen LogP contribution < -0.4 is 18.6 Å². The minimum absolute atomic E-state index is 0.991. The third-order valence-electron chi connectivity index (χ3n) is 1.36. The first-order chi connectivity index (χ1) is 6.86. The zero-order chi connectivity index (χ0) is 11.5. The van der Waals surface area contributed by atoms with Gasteiger partial charge in [-0.15, -0.1) is 10.2 Å². The highest BCUT2D eigenvalue weighted by atomic mass is 35.7. The van der Waals surface area contributed by atoms with E-state index >= 15 is 0 Å². The fraction of sp³-hybridized carbons (Fsp3) is 0.125. The van der Waals surface area contributed by atoms with E-state index in [1.54, 1.807) is 11.3 Å². The Kier molecular flexibility index (Phi) is 3.97. The van der Waals surface area contributed by atoms with Gasteiger partial charge in [0.2, 0.25) is 0 Å². The van der Waals surface area contributed by atoms with Gasteiger partial charge in [0.1, 0.15) is 4.70 Å². The predicted octanol–water partition coefficient (Wildman–Crippen LogP) is -1.67. The highest BCUT2D eigenvalue weighted by Crippen LogP contribution is 2.23. The maximum absolute atomic E-state index is 8.49. The first kappa shape index (κ1) is 12.3. The van der Waals surface area contributed by atoms with Crippen LogP contribution >= 0.6 is 11.3 Å². The van der Waals surface area contributed by atoms with Crippen molar-refractivity contribution in [2.75, 3.05) is 0 Å². The van der Waals surface area contributed by atoms with Crippen LogP contribution in [0.5, 0.6) is 0 Å². The van der Waals surface area contributed by atoms with Gasteiger partial charge in [0.25, 0.3) is 0 Å². The Morgan fingerprint density at radius 3 is 2.20 bits per heavy atom. The van der Waals surface area contributed by atoms with Crippen molar-refractivity contribution < 1.29 is 33.3 Å². The van der Waals surface area contributed by atoms with Crippen LogP contribution in [0, 0.1) is 17.2 Å². The highest BCUT2D eigenvalue weighted by molar-refractivity contribution is 7.18. The number of benzene rings is 1. The molecule has 0 bridgehead atoms. The molecule has 7 heteroatoms. The minimum Gasteiger partial charge on any atom is -0.222 e. The van der Waals surface area contributed by atoms with E-state index in [0.717, 1.165) is 10.7 Å². The molecule has 0 saturated heterocycles. The van der Waals surface area contributed by atoms with Crippen LogP contribution in [-0.2, 0) is 0 Å². The second-order valence-corrected chi connectivity index (χ2v) is 4.50. The van der Waals surface area contributed by atoms with E-state index in [4.69, 9.17) is 23.1 Å². The van der Waals surface area contributed by atoms with Gasteiger partial charge < -0.3 is 0 Å². The van der Waals surface area contributed by atoms with Crippen molar-refractivity contribution in [2.24, 2.45) is 0 Å². The van der Waals surface area contributed by atoms with Gasteiger partial charge >= 0.3 is 10.7 Å². The Balaban J connectivity index is 0.000000195. The van der Waals surface area contributed by atoms with Gasteiger partial charge in [0, 0.05) is 6.07 Å². The van der Waals surface area contributed by atoms with Crippen LogP contribution in [-0.4, -0.2) is 0 Å². The summed E-state index contributed by atoms with van der Waals surface area (Å²) in [5.74, 6) is 0. The zero-order valence-corrected chi connectivity index (χ0v) is 9.21. The number of aryl methyl sites for hydroxylation is 1. The minimum atomic E-state index is -4.94. The van der Waals surface area contributed by atoms with Crippen molar-refractivity contribution in [3.05, 3.63) is 29.3 Å². The lowest BCUT2D eigenvalue weighted by Gasteiger charge is -2.17. The molecule has 0 N–H and O–H groups in total. The molecular formula is C8H7ClO5S. The van der Waals surface area contributed by atoms with Crippen molar-refractivity contribution >= 4 is 21.6 Å². The van der Waals surface area contributed by atoms with Crippen LogP contribution in [0.3, 0.4) is 0 Å². The fourth-order valence-corrected chi connectivity index (χ4v) is 1.75.